The van der Waals surface area contributed by atoms with E-state index in [2.05, 4.69) is 0 Å². The number of hydrogen-bond acceptors (Lipinski definition) is 6. The Morgan fingerprint density at radius 1 is 1.10 bits per heavy atom. The molecule has 6 rings (SSSR count). The molecule has 2 aliphatic carbocycles. The molecule has 1 aliphatic heterocycles. The number of hydrogen-bond donors (Lipinski definition) is 1. The van der Waals surface area contributed by atoms with E-state index in [4.69, 9.17) is 22.1 Å². The quantitative estimate of drug-likeness (QED) is 0.445. The minimum absolute atomic E-state index is 0.0286. The highest BCUT2D eigenvalue weighted by atomic mass is 35.5. The minimum atomic E-state index is -1.20. The molecule has 3 fully saturated rings. The van der Waals surface area contributed by atoms with Gasteiger partial charge in [-0.15, -0.1) is 0 Å². The highest BCUT2D eigenvalue weighted by Crippen LogP contribution is 2.36. The summed E-state index contributed by atoms with van der Waals surface area (Å²) in [6.45, 7) is 0.689. The highest BCUT2D eigenvalue weighted by Gasteiger charge is 2.35. The van der Waals surface area contributed by atoms with Crippen molar-refractivity contribution in [3.05, 3.63) is 67.6 Å². The number of benzene rings is 2. The largest absolute Gasteiger partial charge is 0.365 e. The lowest BCUT2D eigenvalue weighted by Gasteiger charge is -2.34. The van der Waals surface area contributed by atoms with Crippen molar-refractivity contribution in [2.45, 2.75) is 44.9 Å². The second-order valence-electron chi connectivity index (χ2n) is 11.1. The van der Waals surface area contributed by atoms with E-state index in [1.54, 1.807) is 0 Å². The number of amides is 3. The van der Waals surface area contributed by atoms with Crippen LogP contribution in [-0.2, 0) is 22.6 Å². The van der Waals surface area contributed by atoms with Crippen LogP contribution in [0.4, 0.5) is 20.6 Å². The van der Waals surface area contributed by atoms with Gasteiger partial charge in [-0.05, 0) is 61.8 Å². The molecule has 0 radical (unpaired) electrons. The average Bonchev–Trinajstić information content (AvgIpc) is 3.91. The van der Waals surface area contributed by atoms with Gasteiger partial charge in [-0.3, -0.25) is 23.6 Å². The van der Waals surface area contributed by atoms with Gasteiger partial charge in [-0.1, -0.05) is 11.6 Å². The molecule has 11 nitrogen and oxygen atoms in total. The van der Waals surface area contributed by atoms with Gasteiger partial charge in [0, 0.05) is 25.7 Å². The molecule has 3 aliphatic rings. The molecule has 1 atom stereocenters. The molecular formula is C29H28ClFN6O5. The van der Waals surface area contributed by atoms with Gasteiger partial charge < -0.3 is 15.4 Å². The topological polar surface area (TPSA) is 144 Å². The third kappa shape index (κ3) is 5.26. The zero-order chi connectivity index (χ0) is 29.7. The van der Waals surface area contributed by atoms with E-state index in [1.807, 2.05) is 6.07 Å². The van der Waals surface area contributed by atoms with Gasteiger partial charge in [0.15, 0.2) is 6.10 Å². The molecule has 42 heavy (non-hydrogen) atoms. The number of nitrogens with two attached hydrogens (primary N) is 1. The molecule has 0 spiro atoms. The number of fused-ring (bicyclic) bond motifs is 1. The van der Waals surface area contributed by atoms with Crippen LogP contribution in [0.1, 0.15) is 31.2 Å². The minimum Gasteiger partial charge on any atom is -0.365 e. The van der Waals surface area contributed by atoms with Crippen LogP contribution in [0.5, 0.6) is 0 Å². The van der Waals surface area contributed by atoms with Crippen LogP contribution >= 0.6 is 11.6 Å². The van der Waals surface area contributed by atoms with Crippen LogP contribution in [-0.4, -0.2) is 51.8 Å². The van der Waals surface area contributed by atoms with Crippen molar-refractivity contribution < 1.29 is 18.7 Å². The summed E-state index contributed by atoms with van der Waals surface area (Å²) in [5.41, 5.74) is 4.56. The standard InChI is InChI=1S/C29H28ClFN6O5/c30-21-9-19(6-5-18(21)12-32)37(27(39)25-15-34(28(33)40)7-8-42-25)24-10-20-23(11-22(24)31)35(13-16-1-2-16)29(41)36(26(20)38)14-17-3-4-17/h5-6,9-11,16-17,25H,1-4,7-8,13-15H2,(H2,33,40). The molecule has 2 aromatic carbocycles. The number of nitrogens with zero attached hydrogens (tertiary/aromatic N) is 5. The van der Waals surface area contributed by atoms with Crippen molar-refractivity contribution in [2.75, 3.05) is 24.6 Å². The number of primary amides is 1. The summed E-state index contributed by atoms with van der Waals surface area (Å²) in [5, 5.41) is 9.47. The van der Waals surface area contributed by atoms with E-state index in [9.17, 15) is 24.4 Å². The molecule has 218 valence electrons. The van der Waals surface area contributed by atoms with Gasteiger partial charge in [0.2, 0.25) is 0 Å². The van der Waals surface area contributed by atoms with Gasteiger partial charge in [0.05, 0.1) is 46.0 Å². The van der Waals surface area contributed by atoms with E-state index in [0.717, 1.165) is 36.6 Å². The Morgan fingerprint density at radius 2 is 1.79 bits per heavy atom. The fraction of sp³-hybridized carbons (Fsp3) is 0.414. The number of urea groups is 1. The third-order valence-corrected chi connectivity index (χ3v) is 8.33. The van der Waals surface area contributed by atoms with E-state index < -0.39 is 35.1 Å². The number of anilines is 2. The first-order valence-corrected chi connectivity index (χ1v) is 14.2. The van der Waals surface area contributed by atoms with E-state index in [0.29, 0.717) is 6.54 Å². The van der Waals surface area contributed by atoms with Crippen molar-refractivity contribution in [1.29, 1.82) is 5.26 Å². The first kappa shape index (κ1) is 27.9. The number of morpholine rings is 1. The SMILES string of the molecule is N#Cc1ccc(N(C(=O)C2CN(C(N)=O)CCO2)c2cc3c(=O)n(CC4CC4)c(=O)n(CC4CC4)c3cc2F)cc1Cl. The van der Waals surface area contributed by atoms with Crippen molar-refractivity contribution in [2.24, 2.45) is 17.6 Å². The van der Waals surface area contributed by atoms with Crippen LogP contribution in [0.3, 0.4) is 0 Å². The normalized spacial score (nSPS) is 18.6. The monoisotopic (exact) mass is 594 g/mol. The highest BCUT2D eigenvalue weighted by molar-refractivity contribution is 6.32. The van der Waals surface area contributed by atoms with Gasteiger partial charge in [0.1, 0.15) is 11.9 Å². The summed E-state index contributed by atoms with van der Waals surface area (Å²) in [4.78, 5) is 55.2. The number of rotatable bonds is 7. The molecule has 1 saturated heterocycles. The lowest BCUT2D eigenvalue weighted by atomic mass is 10.1. The Bertz CT molecular complexity index is 1770. The maximum atomic E-state index is 16.1. The Balaban J connectivity index is 1.53. The third-order valence-electron chi connectivity index (χ3n) is 8.01. The van der Waals surface area contributed by atoms with Crippen LogP contribution in [0.2, 0.25) is 5.02 Å². The van der Waals surface area contributed by atoms with E-state index >= 15 is 4.39 Å². The molecule has 1 aromatic heterocycles. The smallest absolute Gasteiger partial charge is 0.331 e. The fourth-order valence-corrected chi connectivity index (χ4v) is 5.53. The Kier molecular flexibility index (Phi) is 7.24. The molecule has 3 aromatic rings. The molecule has 2 heterocycles. The maximum absolute atomic E-state index is 16.1. The lowest BCUT2D eigenvalue weighted by Crippen LogP contribution is -2.53. The van der Waals surface area contributed by atoms with Gasteiger partial charge in [-0.2, -0.15) is 5.26 Å². The van der Waals surface area contributed by atoms with Gasteiger partial charge in [0.25, 0.3) is 11.5 Å². The lowest BCUT2D eigenvalue weighted by molar-refractivity contribution is -0.133. The first-order valence-electron chi connectivity index (χ1n) is 13.8. The van der Waals surface area contributed by atoms with Crippen molar-refractivity contribution in [3.63, 3.8) is 0 Å². The zero-order valence-electron chi connectivity index (χ0n) is 22.6. The van der Waals surface area contributed by atoms with E-state index in [-0.39, 0.29) is 70.9 Å². The van der Waals surface area contributed by atoms with Gasteiger partial charge >= 0.3 is 11.7 Å². The summed E-state index contributed by atoms with van der Waals surface area (Å²) in [6.07, 6.45) is 2.54. The predicted octanol–water partition coefficient (Wildman–Crippen LogP) is 3.09. The predicted molar refractivity (Wildman–Crippen MR) is 152 cm³/mol. The molecule has 2 N–H and O–H groups in total. The summed E-state index contributed by atoms with van der Waals surface area (Å²) in [7, 11) is 0. The summed E-state index contributed by atoms with van der Waals surface area (Å²) in [5.74, 6) is -1.08. The summed E-state index contributed by atoms with van der Waals surface area (Å²) in [6, 6.07) is 7.77. The Hall–Kier alpha value is -4.21. The summed E-state index contributed by atoms with van der Waals surface area (Å²) < 4.78 is 24.5. The molecular weight excluding hydrogens is 567 g/mol. The molecule has 2 saturated carbocycles. The number of carbonyl (C=O) groups excluding carboxylic acids is 2. The maximum Gasteiger partial charge on any atom is 0.331 e. The molecule has 0 bridgehead atoms. The first-order chi connectivity index (χ1) is 20.2. The van der Waals surface area contributed by atoms with Gasteiger partial charge in [-0.25, -0.2) is 14.0 Å². The average molecular weight is 595 g/mol. The second kappa shape index (κ2) is 10.9. The number of nitriles is 1. The molecule has 3 amide bonds. The zero-order valence-corrected chi connectivity index (χ0v) is 23.3. The van der Waals surface area contributed by atoms with Crippen molar-refractivity contribution in [1.82, 2.24) is 14.0 Å². The van der Waals surface area contributed by atoms with Crippen LogP contribution in [0, 0.1) is 29.0 Å². The van der Waals surface area contributed by atoms with Crippen LogP contribution in [0.15, 0.2) is 39.9 Å². The van der Waals surface area contributed by atoms with Crippen LogP contribution in [0.25, 0.3) is 10.9 Å². The number of ether oxygens (including phenoxy) is 1. The van der Waals surface area contributed by atoms with Crippen molar-refractivity contribution in [3.8, 4) is 6.07 Å². The van der Waals surface area contributed by atoms with Crippen molar-refractivity contribution >= 4 is 45.8 Å². The number of carbonyl (C=O) groups is 2. The Labute approximate surface area is 244 Å². The number of halogens is 2. The fourth-order valence-electron chi connectivity index (χ4n) is 5.31. The molecule has 1 unspecified atom stereocenters. The van der Waals surface area contributed by atoms with Crippen LogP contribution < -0.4 is 21.9 Å². The Morgan fingerprint density at radius 3 is 2.40 bits per heavy atom. The molecule has 13 heteroatoms. The summed E-state index contributed by atoms with van der Waals surface area (Å²) >= 11 is 6.30. The number of aromatic nitrogens is 2. The second-order valence-corrected chi connectivity index (χ2v) is 11.5. The van der Waals surface area contributed by atoms with E-state index in [1.165, 1.54) is 38.3 Å².